The lowest BCUT2D eigenvalue weighted by Gasteiger charge is -2.34. The van der Waals surface area contributed by atoms with Gasteiger partial charge in [-0.2, -0.15) is 0 Å². The van der Waals surface area contributed by atoms with Crippen LogP contribution in [0.1, 0.15) is 16.7 Å². The fraction of sp³-hybridized carbons (Fsp3) is 0.304. The van der Waals surface area contributed by atoms with Crippen molar-refractivity contribution < 1.29 is 14.3 Å². The molecule has 146 valence electrons. The number of benzene rings is 2. The van der Waals surface area contributed by atoms with E-state index in [1.807, 2.05) is 68.5 Å². The largest absolute Gasteiger partial charge is 0.484 e. The van der Waals surface area contributed by atoms with Crippen molar-refractivity contribution in [1.82, 2.24) is 9.80 Å². The van der Waals surface area contributed by atoms with E-state index in [4.69, 9.17) is 4.74 Å². The summed E-state index contributed by atoms with van der Waals surface area (Å²) in [4.78, 5) is 28.2. The molecule has 1 fully saturated rings. The number of hydrogen-bond acceptors (Lipinski definition) is 3. The highest BCUT2D eigenvalue weighted by Crippen LogP contribution is 2.16. The van der Waals surface area contributed by atoms with Gasteiger partial charge >= 0.3 is 0 Å². The molecule has 1 heterocycles. The Labute approximate surface area is 166 Å². The number of aryl methyl sites for hydroxylation is 2. The summed E-state index contributed by atoms with van der Waals surface area (Å²) in [6, 6.07) is 15.5. The fourth-order valence-corrected chi connectivity index (χ4v) is 3.05. The van der Waals surface area contributed by atoms with E-state index >= 15 is 0 Å². The standard InChI is InChI=1S/C23H26N2O3/c1-18-8-10-21(16-19(18)2)28-17-23(27)25-14-12-24(13-15-25)22(26)11-9-20-6-4-3-5-7-20/h3-11,16H,12-15,17H2,1-2H3/b11-9+. The summed E-state index contributed by atoms with van der Waals surface area (Å²) < 4.78 is 5.64. The van der Waals surface area contributed by atoms with Crippen molar-refractivity contribution in [3.8, 4) is 5.75 Å². The molecule has 0 N–H and O–H groups in total. The minimum Gasteiger partial charge on any atom is -0.484 e. The van der Waals surface area contributed by atoms with E-state index in [1.54, 1.807) is 15.9 Å². The molecule has 28 heavy (non-hydrogen) atoms. The number of carbonyl (C=O) groups is 2. The average Bonchev–Trinajstić information content (AvgIpc) is 2.73. The van der Waals surface area contributed by atoms with E-state index in [1.165, 1.54) is 5.56 Å². The second kappa shape index (κ2) is 9.22. The predicted octanol–water partition coefficient (Wildman–Crippen LogP) is 3.07. The number of ether oxygens (including phenoxy) is 1. The van der Waals surface area contributed by atoms with Crippen molar-refractivity contribution in [2.45, 2.75) is 13.8 Å². The van der Waals surface area contributed by atoms with Gasteiger partial charge in [-0.25, -0.2) is 0 Å². The highest BCUT2D eigenvalue weighted by atomic mass is 16.5. The third-order valence-corrected chi connectivity index (χ3v) is 5.00. The Bertz CT molecular complexity index is 853. The third-order valence-electron chi connectivity index (χ3n) is 5.00. The van der Waals surface area contributed by atoms with Crippen LogP contribution in [0.25, 0.3) is 6.08 Å². The van der Waals surface area contributed by atoms with Gasteiger partial charge in [0.2, 0.25) is 5.91 Å². The molecule has 3 rings (SSSR count). The molecule has 5 nitrogen and oxygen atoms in total. The summed E-state index contributed by atoms with van der Waals surface area (Å²) in [5.41, 5.74) is 3.33. The number of carbonyl (C=O) groups excluding carboxylic acids is 2. The first-order chi connectivity index (χ1) is 13.5. The number of amides is 2. The molecule has 0 spiro atoms. The van der Waals surface area contributed by atoms with Crippen LogP contribution < -0.4 is 4.74 Å². The third kappa shape index (κ3) is 5.22. The van der Waals surface area contributed by atoms with E-state index in [-0.39, 0.29) is 18.4 Å². The molecule has 0 radical (unpaired) electrons. The van der Waals surface area contributed by atoms with Gasteiger partial charge in [-0.3, -0.25) is 9.59 Å². The molecule has 2 aromatic rings. The Morgan fingerprint density at radius 2 is 1.61 bits per heavy atom. The maximum Gasteiger partial charge on any atom is 0.260 e. The predicted molar refractivity (Wildman–Crippen MR) is 110 cm³/mol. The number of nitrogens with zero attached hydrogens (tertiary/aromatic N) is 2. The summed E-state index contributed by atoms with van der Waals surface area (Å²) in [7, 11) is 0. The smallest absolute Gasteiger partial charge is 0.260 e. The zero-order valence-corrected chi connectivity index (χ0v) is 16.4. The maximum absolute atomic E-state index is 12.4. The first-order valence-corrected chi connectivity index (χ1v) is 9.53. The molecule has 0 atom stereocenters. The Kier molecular flexibility index (Phi) is 6.48. The molecule has 0 saturated carbocycles. The van der Waals surface area contributed by atoms with Gasteiger partial charge in [0, 0.05) is 32.3 Å². The lowest BCUT2D eigenvalue weighted by Crippen LogP contribution is -2.51. The van der Waals surface area contributed by atoms with E-state index in [0.717, 1.165) is 11.1 Å². The van der Waals surface area contributed by atoms with Gasteiger partial charge in [-0.15, -0.1) is 0 Å². The van der Waals surface area contributed by atoms with Crippen molar-refractivity contribution >= 4 is 17.9 Å². The average molecular weight is 378 g/mol. The van der Waals surface area contributed by atoms with Crippen LogP contribution in [0.3, 0.4) is 0 Å². The molecule has 0 bridgehead atoms. The van der Waals surface area contributed by atoms with E-state index in [0.29, 0.717) is 31.9 Å². The van der Waals surface area contributed by atoms with Crippen LogP contribution in [0, 0.1) is 13.8 Å². The summed E-state index contributed by atoms with van der Waals surface area (Å²) in [5.74, 6) is 0.629. The minimum absolute atomic E-state index is 0.0182. The lowest BCUT2D eigenvalue weighted by molar-refractivity contribution is -0.138. The second-order valence-corrected chi connectivity index (χ2v) is 6.98. The van der Waals surface area contributed by atoms with Gasteiger partial charge in [0.25, 0.3) is 5.91 Å². The van der Waals surface area contributed by atoms with Gasteiger partial charge in [-0.05, 0) is 48.7 Å². The first kappa shape index (κ1) is 19.7. The minimum atomic E-state index is -0.0508. The van der Waals surface area contributed by atoms with Crippen LogP contribution in [-0.4, -0.2) is 54.4 Å². The van der Waals surface area contributed by atoms with Crippen molar-refractivity contribution in [2.24, 2.45) is 0 Å². The summed E-state index contributed by atoms with van der Waals surface area (Å²) in [6.07, 6.45) is 3.41. The van der Waals surface area contributed by atoms with Crippen LogP contribution in [0.5, 0.6) is 5.75 Å². The quantitative estimate of drug-likeness (QED) is 0.752. The molecule has 2 aromatic carbocycles. The van der Waals surface area contributed by atoms with Crippen molar-refractivity contribution in [1.29, 1.82) is 0 Å². The molecule has 1 saturated heterocycles. The van der Waals surface area contributed by atoms with Gasteiger partial charge in [0.1, 0.15) is 5.75 Å². The van der Waals surface area contributed by atoms with Gasteiger partial charge < -0.3 is 14.5 Å². The number of hydrogen-bond donors (Lipinski definition) is 0. The zero-order valence-electron chi connectivity index (χ0n) is 16.4. The SMILES string of the molecule is Cc1ccc(OCC(=O)N2CCN(C(=O)/C=C/c3ccccc3)CC2)cc1C. The molecule has 2 amide bonds. The Morgan fingerprint density at radius 1 is 0.929 bits per heavy atom. The van der Waals surface area contributed by atoms with Gasteiger partial charge in [-0.1, -0.05) is 36.4 Å². The van der Waals surface area contributed by atoms with E-state index < -0.39 is 0 Å². The first-order valence-electron chi connectivity index (χ1n) is 9.53. The van der Waals surface area contributed by atoms with Crippen molar-refractivity contribution in [3.63, 3.8) is 0 Å². The second-order valence-electron chi connectivity index (χ2n) is 6.98. The molecule has 0 aromatic heterocycles. The summed E-state index contributed by atoms with van der Waals surface area (Å²) >= 11 is 0. The van der Waals surface area contributed by atoms with Crippen LogP contribution >= 0.6 is 0 Å². The van der Waals surface area contributed by atoms with Crippen LogP contribution in [0.15, 0.2) is 54.6 Å². The topological polar surface area (TPSA) is 49.9 Å². The van der Waals surface area contributed by atoms with E-state index in [2.05, 4.69) is 0 Å². The fourth-order valence-electron chi connectivity index (χ4n) is 3.05. The van der Waals surface area contributed by atoms with Crippen LogP contribution in [-0.2, 0) is 9.59 Å². The Morgan fingerprint density at radius 3 is 2.29 bits per heavy atom. The molecule has 0 aliphatic carbocycles. The van der Waals surface area contributed by atoms with Crippen molar-refractivity contribution in [2.75, 3.05) is 32.8 Å². The van der Waals surface area contributed by atoms with Crippen molar-refractivity contribution in [3.05, 3.63) is 71.3 Å². The molecule has 0 unspecified atom stereocenters. The van der Waals surface area contributed by atoms with Crippen LogP contribution in [0.4, 0.5) is 0 Å². The number of piperazine rings is 1. The normalized spacial score (nSPS) is 14.4. The highest BCUT2D eigenvalue weighted by Gasteiger charge is 2.23. The zero-order chi connectivity index (χ0) is 19.9. The van der Waals surface area contributed by atoms with Gasteiger partial charge in [0.15, 0.2) is 6.61 Å². The maximum atomic E-state index is 12.4. The number of rotatable bonds is 5. The highest BCUT2D eigenvalue weighted by molar-refractivity contribution is 5.92. The molecule has 5 heteroatoms. The molecular weight excluding hydrogens is 352 g/mol. The van der Waals surface area contributed by atoms with Crippen LogP contribution in [0.2, 0.25) is 0 Å². The Balaban J connectivity index is 1.45. The Hall–Kier alpha value is -3.08. The van der Waals surface area contributed by atoms with E-state index in [9.17, 15) is 9.59 Å². The lowest BCUT2D eigenvalue weighted by atomic mass is 10.1. The monoisotopic (exact) mass is 378 g/mol. The van der Waals surface area contributed by atoms with Gasteiger partial charge in [0.05, 0.1) is 0 Å². The summed E-state index contributed by atoms with van der Waals surface area (Å²) in [5, 5.41) is 0. The molecule has 1 aliphatic rings. The molecular formula is C23H26N2O3. The summed E-state index contributed by atoms with van der Waals surface area (Å²) in [6.45, 7) is 6.21. The molecule has 1 aliphatic heterocycles.